The fraction of sp³-hybridized carbons (Fsp3) is 0.250. The summed E-state index contributed by atoms with van der Waals surface area (Å²) in [7, 11) is 1.33. The molecule has 0 bridgehead atoms. The van der Waals surface area contributed by atoms with Gasteiger partial charge in [-0.3, -0.25) is 14.4 Å². The highest BCUT2D eigenvalue weighted by atomic mass is 19.4. The molecule has 2 amide bonds. The molecule has 0 radical (unpaired) electrons. The van der Waals surface area contributed by atoms with Crippen molar-refractivity contribution in [2.45, 2.75) is 13.1 Å². The first-order chi connectivity index (χ1) is 13.6. The quantitative estimate of drug-likeness (QED) is 0.713. The second-order valence-corrected chi connectivity index (χ2v) is 6.21. The Kier molecular flexibility index (Phi) is 6.98. The van der Waals surface area contributed by atoms with Crippen molar-refractivity contribution in [2.75, 3.05) is 25.5 Å². The number of likely N-dealkylation sites (N-methyl/N-ethyl adjacent to an activating group) is 1. The Labute approximate surface area is 165 Å². The number of carbonyl (C=O) groups is 3. The van der Waals surface area contributed by atoms with Crippen molar-refractivity contribution in [1.82, 2.24) is 4.90 Å². The number of nitrogens with zero attached hydrogens (tertiary/aromatic N) is 1. The average Bonchev–Trinajstić information content (AvgIpc) is 2.65. The van der Waals surface area contributed by atoms with Crippen LogP contribution in [0.2, 0.25) is 0 Å². The van der Waals surface area contributed by atoms with Gasteiger partial charge >= 0.3 is 6.18 Å². The van der Waals surface area contributed by atoms with Crippen LogP contribution < -0.4 is 10.1 Å². The minimum absolute atomic E-state index is 0.106. The lowest BCUT2D eigenvalue weighted by Crippen LogP contribution is -2.37. The van der Waals surface area contributed by atoms with Gasteiger partial charge in [0, 0.05) is 12.6 Å². The number of ketones is 1. The Morgan fingerprint density at radius 2 is 1.66 bits per heavy atom. The van der Waals surface area contributed by atoms with Gasteiger partial charge in [0.05, 0.1) is 17.8 Å². The van der Waals surface area contributed by atoms with Crippen LogP contribution in [0, 0.1) is 0 Å². The second-order valence-electron chi connectivity index (χ2n) is 6.21. The van der Waals surface area contributed by atoms with Gasteiger partial charge in [-0.1, -0.05) is 12.1 Å². The number of anilines is 1. The summed E-state index contributed by atoms with van der Waals surface area (Å²) in [5, 5.41) is 2.17. The molecule has 0 fully saturated rings. The van der Waals surface area contributed by atoms with Crippen LogP contribution in [0.3, 0.4) is 0 Å². The van der Waals surface area contributed by atoms with Crippen molar-refractivity contribution in [3.8, 4) is 5.75 Å². The number of alkyl halides is 3. The largest absolute Gasteiger partial charge is 0.484 e. The number of amides is 2. The van der Waals surface area contributed by atoms with Crippen LogP contribution in [0.1, 0.15) is 22.8 Å². The first-order valence-corrected chi connectivity index (χ1v) is 8.51. The third-order valence-corrected chi connectivity index (χ3v) is 3.94. The SMILES string of the molecule is CC(=O)c1ccc(OCC(=O)N(C)CC(=O)Nc2ccccc2C(F)(F)F)cc1. The first kappa shape index (κ1) is 21.9. The van der Waals surface area contributed by atoms with E-state index in [0.29, 0.717) is 11.3 Å². The van der Waals surface area contributed by atoms with E-state index in [1.807, 2.05) is 0 Å². The van der Waals surface area contributed by atoms with Gasteiger partial charge < -0.3 is 15.0 Å². The lowest BCUT2D eigenvalue weighted by molar-refractivity contribution is -0.137. The number of benzene rings is 2. The molecule has 154 valence electrons. The number of rotatable bonds is 7. The maximum absolute atomic E-state index is 13.0. The van der Waals surface area contributed by atoms with Crippen molar-refractivity contribution in [1.29, 1.82) is 0 Å². The Morgan fingerprint density at radius 1 is 1.03 bits per heavy atom. The first-order valence-electron chi connectivity index (χ1n) is 8.51. The molecule has 0 saturated carbocycles. The predicted octanol–water partition coefficient (Wildman–Crippen LogP) is 3.38. The summed E-state index contributed by atoms with van der Waals surface area (Å²) in [6.45, 7) is 0.604. The number of para-hydroxylation sites is 1. The van der Waals surface area contributed by atoms with Gasteiger partial charge in [-0.2, -0.15) is 13.2 Å². The zero-order valence-corrected chi connectivity index (χ0v) is 15.7. The number of halogens is 3. The van der Waals surface area contributed by atoms with Crippen LogP contribution in [0.25, 0.3) is 0 Å². The van der Waals surface area contributed by atoms with Gasteiger partial charge in [0.2, 0.25) is 5.91 Å². The number of carbonyl (C=O) groups excluding carboxylic acids is 3. The maximum atomic E-state index is 13.0. The molecule has 0 heterocycles. The summed E-state index contributed by atoms with van der Waals surface area (Å²) in [5.41, 5.74) is -0.857. The molecule has 0 saturated heterocycles. The number of hydrogen-bond donors (Lipinski definition) is 1. The summed E-state index contributed by atoms with van der Waals surface area (Å²) in [6, 6.07) is 10.7. The van der Waals surface area contributed by atoms with E-state index in [0.717, 1.165) is 17.0 Å². The van der Waals surface area contributed by atoms with Gasteiger partial charge in [-0.25, -0.2) is 0 Å². The molecule has 0 unspecified atom stereocenters. The normalized spacial score (nSPS) is 10.9. The van der Waals surface area contributed by atoms with E-state index in [1.165, 1.54) is 38.2 Å². The molecule has 0 aromatic heterocycles. The summed E-state index contributed by atoms with van der Waals surface area (Å²) in [4.78, 5) is 36.4. The molecular weight excluding hydrogens is 389 g/mol. The van der Waals surface area contributed by atoms with Gasteiger partial charge in [-0.15, -0.1) is 0 Å². The third kappa shape index (κ3) is 6.34. The molecule has 2 rings (SSSR count). The topological polar surface area (TPSA) is 75.7 Å². The lowest BCUT2D eigenvalue weighted by atomic mass is 10.1. The summed E-state index contributed by atoms with van der Waals surface area (Å²) >= 11 is 0. The summed E-state index contributed by atoms with van der Waals surface area (Å²) in [6.07, 6.45) is -4.61. The van der Waals surface area contributed by atoms with Crippen molar-refractivity contribution >= 4 is 23.3 Å². The monoisotopic (exact) mass is 408 g/mol. The van der Waals surface area contributed by atoms with E-state index in [-0.39, 0.29) is 18.1 Å². The van der Waals surface area contributed by atoms with E-state index < -0.39 is 30.1 Å². The van der Waals surface area contributed by atoms with Gasteiger partial charge in [0.25, 0.3) is 5.91 Å². The second kappa shape index (κ2) is 9.22. The van der Waals surface area contributed by atoms with E-state index in [2.05, 4.69) is 5.32 Å². The molecule has 0 aliphatic rings. The third-order valence-electron chi connectivity index (χ3n) is 3.94. The fourth-order valence-corrected chi connectivity index (χ4v) is 2.37. The standard InChI is InChI=1S/C20H19F3N2O4/c1-13(26)14-7-9-15(10-8-14)29-12-19(28)25(2)11-18(27)24-17-6-4-3-5-16(17)20(21,22)23/h3-10H,11-12H2,1-2H3,(H,24,27). The highest BCUT2D eigenvalue weighted by Crippen LogP contribution is 2.34. The Bertz CT molecular complexity index is 895. The fourth-order valence-electron chi connectivity index (χ4n) is 2.37. The number of ether oxygens (including phenoxy) is 1. The number of Topliss-reactive ketones (excluding diaryl/α,β-unsaturated/α-hetero) is 1. The van der Waals surface area contributed by atoms with Crippen LogP contribution >= 0.6 is 0 Å². The van der Waals surface area contributed by atoms with E-state index in [4.69, 9.17) is 4.74 Å². The van der Waals surface area contributed by atoms with Crippen LogP contribution in [0.4, 0.5) is 18.9 Å². The summed E-state index contributed by atoms with van der Waals surface area (Å²) < 4.78 is 44.2. The number of hydrogen-bond acceptors (Lipinski definition) is 4. The highest BCUT2D eigenvalue weighted by Gasteiger charge is 2.33. The Morgan fingerprint density at radius 3 is 2.24 bits per heavy atom. The van der Waals surface area contributed by atoms with Gasteiger partial charge in [0.1, 0.15) is 5.75 Å². The number of nitrogens with one attached hydrogen (secondary N) is 1. The molecule has 2 aromatic carbocycles. The maximum Gasteiger partial charge on any atom is 0.418 e. The molecule has 2 aromatic rings. The Hall–Kier alpha value is -3.36. The van der Waals surface area contributed by atoms with E-state index in [9.17, 15) is 27.6 Å². The molecule has 6 nitrogen and oxygen atoms in total. The van der Waals surface area contributed by atoms with Crippen LogP contribution in [-0.2, 0) is 15.8 Å². The Balaban J connectivity index is 1.89. The van der Waals surface area contributed by atoms with Crippen molar-refractivity contribution in [3.63, 3.8) is 0 Å². The van der Waals surface area contributed by atoms with E-state index >= 15 is 0 Å². The van der Waals surface area contributed by atoms with Crippen molar-refractivity contribution < 1.29 is 32.3 Å². The van der Waals surface area contributed by atoms with Crippen molar-refractivity contribution in [2.24, 2.45) is 0 Å². The molecule has 0 aliphatic carbocycles. The smallest absolute Gasteiger partial charge is 0.418 e. The van der Waals surface area contributed by atoms with E-state index in [1.54, 1.807) is 12.1 Å². The molecule has 9 heteroatoms. The molecule has 29 heavy (non-hydrogen) atoms. The molecule has 0 spiro atoms. The zero-order valence-electron chi connectivity index (χ0n) is 15.7. The average molecular weight is 408 g/mol. The summed E-state index contributed by atoms with van der Waals surface area (Å²) in [5.74, 6) is -1.06. The molecular formula is C20H19F3N2O4. The van der Waals surface area contributed by atoms with Crippen LogP contribution in [0.5, 0.6) is 5.75 Å². The lowest BCUT2D eigenvalue weighted by Gasteiger charge is -2.18. The van der Waals surface area contributed by atoms with Crippen LogP contribution in [0.15, 0.2) is 48.5 Å². The molecule has 0 aliphatic heterocycles. The van der Waals surface area contributed by atoms with Gasteiger partial charge in [-0.05, 0) is 43.3 Å². The predicted molar refractivity (Wildman–Crippen MR) is 99.7 cm³/mol. The zero-order chi connectivity index (χ0) is 21.6. The van der Waals surface area contributed by atoms with Crippen LogP contribution in [-0.4, -0.2) is 42.7 Å². The highest BCUT2D eigenvalue weighted by molar-refractivity contribution is 5.95. The molecule has 1 N–H and O–H groups in total. The van der Waals surface area contributed by atoms with Gasteiger partial charge in [0.15, 0.2) is 12.4 Å². The minimum atomic E-state index is -4.61. The molecule has 0 atom stereocenters. The minimum Gasteiger partial charge on any atom is -0.484 e. The van der Waals surface area contributed by atoms with Crippen molar-refractivity contribution in [3.05, 3.63) is 59.7 Å².